The average Bonchev–Trinajstić information content (AvgIpc) is 2.55. The second kappa shape index (κ2) is 6.45. The van der Waals surface area contributed by atoms with E-state index in [4.69, 9.17) is 5.26 Å². The van der Waals surface area contributed by atoms with Gasteiger partial charge >= 0.3 is 6.18 Å². The molecule has 0 fully saturated rings. The van der Waals surface area contributed by atoms with Gasteiger partial charge in [-0.2, -0.15) is 18.4 Å². The van der Waals surface area contributed by atoms with Crippen LogP contribution in [0.15, 0.2) is 42.6 Å². The SMILES string of the molecule is N#CC(C(=O)c1ccccc1[N+](=O)[O-])c1ccc(C(F)(F)F)cn1. The largest absolute Gasteiger partial charge is 0.417 e. The average molecular weight is 335 g/mol. The topological polar surface area (TPSA) is 96.9 Å². The van der Waals surface area contributed by atoms with Crippen molar-refractivity contribution in [3.8, 4) is 6.07 Å². The molecule has 2 aromatic rings. The third-order valence-electron chi connectivity index (χ3n) is 3.17. The minimum absolute atomic E-state index is 0.214. The molecule has 0 aliphatic carbocycles. The number of Topliss-reactive ketones (excluding diaryl/α,β-unsaturated/α-hetero) is 1. The van der Waals surface area contributed by atoms with Crippen LogP contribution in [0.25, 0.3) is 0 Å². The summed E-state index contributed by atoms with van der Waals surface area (Å²) >= 11 is 0. The van der Waals surface area contributed by atoms with Crippen molar-refractivity contribution >= 4 is 11.5 Å². The molecular formula is C15H8F3N3O3. The Morgan fingerprint density at radius 3 is 2.42 bits per heavy atom. The molecule has 0 bridgehead atoms. The Morgan fingerprint density at radius 2 is 1.92 bits per heavy atom. The number of rotatable bonds is 4. The Balaban J connectivity index is 2.41. The van der Waals surface area contributed by atoms with Crippen molar-refractivity contribution < 1.29 is 22.9 Å². The van der Waals surface area contributed by atoms with E-state index in [0.29, 0.717) is 12.3 Å². The Hall–Kier alpha value is -3.28. The lowest BCUT2D eigenvalue weighted by atomic mass is 9.94. The van der Waals surface area contributed by atoms with E-state index in [1.54, 1.807) is 6.07 Å². The van der Waals surface area contributed by atoms with Crippen molar-refractivity contribution in [1.82, 2.24) is 4.98 Å². The van der Waals surface area contributed by atoms with Gasteiger partial charge in [-0.25, -0.2) is 0 Å². The number of para-hydroxylation sites is 1. The molecule has 0 radical (unpaired) electrons. The van der Waals surface area contributed by atoms with Gasteiger partial charge in [0.05, 0.1) is 27.8 Å². The van der Waals surface area contributed by atoms with Crippen LogP contribution in [-0.4, -0.2) is 15.7 Å². The van der Waals surface area contributed by atoms with Crippen LogP contribution in [0.4, 0.5) is 18.9 Å². The second-order valence-electron chi connectivity index (χ2n) is 4.67. The molecule has 24 heavy (non-hydrogen) atoms. The normalized spacial score (nSPS) is 12.2. The number of ketones is 1. The third-order valence-corrected chi connectivity index (χ3v) is 3.17. The van der Waals surface area contributed by atoms with E-state index in [1.165, 1.54) is 18.2 Å². The Bertz CT molecular complexity index is 826. The van der Waals surface area contributed by atoms with Crippen LogP contribution in [0.3, 0.4) is 0 Å². The minimum Gasteiger partial charge on any atom is -0.292 e. The number of nitriles is 1. The number of aromatic nitrogens is 1. The highest BCUT2D eigenvalue weighted by Crippen LogP contribution is 2.30. The smallest absolute Gasteiger partial charge is 0.292 e. The van der Waals surface area contributed by atoms with Crippen molar-refractivity contribution in [3.05, 3.63) is 69.5 Å². The van der Waals surface area contributed by atoms with Crippen LogP contribution in [0.1, 0.15) is 27.5 Å². The van der Waals surface area contributed by atoms with Crippen molar-refractivity contribution in [2.75, 3.05) is 0 Å². The summed E-state index contributed by atoms with van der Waals surface area (Å²) in [4.78, 5) is 26.1. The number of hydrogen-bond acceptors (Lipinski definition) is 5. The number of carbonyl (C=O) groups excluding carboxylic acids is 1. The maximum Gasteiger partial charge on any atom is 0.417 e. The Labute approximate surface area is 133 Å². The fraction of sp³-hybridized carbons (Fsp3) is 0.133. The van der Waals surface area contributed by atoms with Crippen LogP contribution < -0.4 is 0 Å². The lowest BCUT2D eigenvalue weighted by Crippen LogP contribution is -2.15. The number of nitro benzene ring substituents is 1. The molecule has 0 aliphatic rings. The van der Waals surface area contributed by atoms with Crippen LogP contribution in [0, 0.1) is 21.4 Å². The van der Waals surface area contributed by atoms with Gasteiger partial charge in [0.1, 0.15) is 0 Å². The number of benzene rings is 1. The zero-order valence-electron chi connectivity index (χ0n) is 11.8. The van der Waals surface area contributed by atoms with Crippen molar-refractivity contribution in [3.63, 3.8) is 0 Å². The minimum atomic E-state index is -4.60. The number of hydrogen-bond donors (Lipinski definition) is 0. The summed E-state index contributed by atoms with van der Waals surface area (Å²) in [7, 11) is 0. The summed E-state index contributed by atoms with van der Waals surface area (Å²) in [5.74, 6) is -2.45. The number of nitro groups is 1. The summed E-state index contributed by atoms with van der Waals surface area (Å²) in [6.45, 7) is 0. The monoisotopic (exact) mass is 335 g/mol. The van der Waals surface area contributed by atoms with E-state index < -0.39 is 34.1 Å². The summed E-state index contributed by atoms with van der Waals surface area (Å²) in [6.07, 6.45) is -4.09. The molecule has 1 aromatic carbocycles. The van der Waals surface area contributed by atoms with Gasteiger partial charge in [0.25, 0.3) is 5.69 Å². The summed E-state index contributed by atoms with van der Waals surface area (Å²) < 4.78 is 37.6. The molecule has 0 N–H and O–H groups in total. The molecule has 0 saturated carbocycles. The fourth-order valence-electron chi connectivity index (χ4n) is 2.00. The van der Waals surface area contributed by atoms with E-state index >= 15 is 0 Å². The number of alkyl halides is 3. The molecule has 0 aliphatic heterocycles. The van der Waals surface area contributed by atoms with Gasteiger partial charge in [-0.15, -0.1) is 0 Å². The number of carbonyl (C=O) groups is 1. The molecule has 0 spiro atoms. The van der Waals surface area contributed by atoms with Gasteiger partial charge in [0.15, 0.2) is 11.7 Å². The van der Waals surface area contributed by atoms with Crippen molar-refractivity contribution in [2.24, 2.45) is 0 Å². The molecule has 9 heteroatoms. The van der Waals surface area contributed by atoms with Gasteiger partial charge < -0.3 is 0 Å². The zero-order chi connectivity index (χ0) is 17.9. The predicted octanol–water partition coefficient (Wildman–Crippen LogP) is 3.50. The first-order valence-corrected chi connectivity index (χ1v) is 6.46. The molecule has 1 atom stereocenters. The van der Waals surface area contributed by atoms with E-state index in [9.17, 15) is 28.1 Å². The van der Waals surface area contributed by atoms with Gasteiger partial charge in [-0.05, 0) is 18.2 Å². The van der Waals surface area contributed by atoms with Gasteiger partial charge in [0.2, 0.25) is 0 Å². The van der Waals surface area contributed by atoms with Gasteiger partial charge in [0, 0.05) is 12.3 Å². The first-order valence-electron chi connectivity index (χ1n) is 6.46. The standard InChI is InChI=1S/C15H8F3N3O3/c16-15(17,18)9-5-6-12(20-8-9)11(7-19)14(22)10-3-1-2-4-13(10)21(23)24/h1-6,8,11H. The summed E-state index contributed by atoms with van der Waals surface area (Å²) in [5, 5.41) is 20.1. The number of nitrogens with zero attached hydrogens (tertiary/aromatic N) is 3. The second-order valence-corrected chi connectivity index (χ2v) is 4.67. The molecule has 1 heterocycles. The first kappa shape index (κ1) is 17.1. The fourth-order valence-corrected chi connectivity index (χ4v) is 2.00. The number of pyridine rings is 1. The van der Waals surface area contributed by atoms with Crippen LogP contribution in [0.5, 0.6) is 0 Å². The van der Waals surface area contributed by atoms with E-state index in [-0.39, 0.29) is 11.3 Å². The molecule has 0 amide bonds. The maximum atomic E-state index is 12.5. The molecule has 1 aromatic heterocycles. The summed E-state index contributed by atoms with van der Waals surface area (Å²) in [5.41, 5.74) is -2.04. The van der Waals surface area contributed by atoms with E-state index in [1.807, 2.05) is 0 Å². The van der Waals surface area contributed by atoms with E-state index in [2.05, 4.69) is 4.98 Å². The van der Waals surface area contributed by atoms with Gasteiger partial charge in [-0.3, -0.25) is 19.9 Å². The highest BCUT2D eigenvalue weighted by Gasteiger charge is 2.32. The molecule has 1 unspecified atom stereocenters. The molecule has 6 nitrogen and oxygen atoms in total. The van der Waals surface area contributed by atoms with Crippen molar-refractivity contribution in [2.45, 2.75) is 12.1 Å². The van der Waals surface area contributed by atoms with E-state index in [0.717, 1.165) is 12.1 Å². The molecular weight excluding hydrogens is 327 g/mol. The Kier molecular flexibility index (Phi) is 4.59. The summed E-state index contributed by atoms with van der Waals surface area (Å²) in [6, 6.07) is 8.24. The highest BCUT2D eigenvalue weighted by molar-refractivity contribution is 6.05. The first-order chi connectivity index (χ1) is 11.3. The zero-order valence-corrected chi connectivity index (χ0v) is 11.8. The number of halogens is 3. The highest BCUT2D eigenvalue weighted by atomic mass is 19.4. The third kappa shape index (κ3) is 3.38. The van der Waals surface area contributed by atoms with Crippen molar-refractivity contribution in [1.29, 1.82) is 5.26 Å². The molecule has 0 saturated heterocycles. The van der Waals surface area contributed by atoms with Crippen LogP contribution >= 0.6 is 0 Å². The maximum absolute atomic E-state index is 12.5. The molecule has 2 rings (SSSR count). The van der Waals surface area contributed by atoms with Crippen LogP contribution in [-0.2, 0) is 6.18 Å². The quantitative estimate of drug-likeness (QED) is 0.484. The predicted molar refractivity (Wildman–Crippen MR) is 75.0 cm³/mol. The van der Waals surface area contributed by atoms with Gasteiger partial charge in [-0.1, -0.05) is 12.1 Å². The lowest BCUT2D eigenvalue weighted by Gasteiger charge is -2.10. The lowest BCUT2D eigenvalue weighted by molar-refractivity contribution is -0.385. The molecule has 122 valence electrons. The Morgan fingerprint density at radius 1 is 1.25 bits per heavy atom. The van der Waals surface area contributed by atoms with Crippen LogP contribution in [0.2, 0.25) is 0 Å².